The Balaban J connectivity index is 2.20. The molecule has 1 atom stereocenters. The summed E-state index contributed by atoms with van der Waals surface area (Å²) < 4.78 is 1.01. The first-order valence-electron chi connectivity index (χ1n) is 6.27. The van der Waals surface area contributed by atoms with Gasteiger partial charge in [0.2, 0.25) is 0 Å². The maximum Gasteiger partial charge on any atom is 0.0897 e. The summed E-state index contributed by atoms with van der Waals surface area (Å²) in [6.45, 7) is 3.28. The molecule has 2 N–H and O–H groups in total. The molecule has 108 valence electrons. The summed E-state index contributed by atoms with van der Waals surface area (Å²) in [5, 5.41) is 3.91. The van der Waals surface area contributed by atoms with E-state index in [-0.39, 0.29) is 6.04 Å². The Morgan fingerprint density at radius 3 is 2.85 bits per heavy atom. The highest BCUT2D eigenvalue weighted by molar-refractivity contribution is 9.10. The van der Waals surface area contributed by atoms with Gasteiger partial charge in [-0.1, -0.05) is 27.5 Å². The van der Waals surface area contributed by atoms with E-state index >= 15 is 0 Å². The molecule has 0 aliphatic carbocycles. The molecule has 0 saturated heterocycles. The Morgan fingerprint density at radius 1 is 1.50 bits per heavy atom. The second kappa shape index (κ2) is 7.00. The Hall–Kier alpha value is -0.460. The van der Waals surface area contributed by atoms with Crippen molar-refractivity contribution in [3.05, 3.63) is 49.3 Å². The highest BCUT2D eigenvalue weighted by atomic mass is 79.9. The normalized spacial score (nSPS) is 12.9. The number of rotatable bonds is 5. The summed E-state index contributed by atoms with van der Waals surface area (Å²) in [4.78, 5) is 6.68. The quantitative estimate of drug-likeness (QED) is 0.860. The molecular weight excluding hydrogens is 358 g/mol. The zero-order chi connectivity index (χ0) is 14.7. The van der Waals surface area contributed by atoms with E-state index in [9.17, 15) is 0 Å². The minimum atomic E-state index is 0.0713. The summed E-state index contributed by atoms with van der Waals surface area (Å²) in [7, 11) is 2.05. The molecule has 1 unspecified atom stereocenters. The molecule has 0 spiro atoms. The molecule has 1 heterocycles. The average Bonchev–Trinajstić information content (AvgIpc) is 2.80. The minimum Gasteiger partial charge on any atom is -0.329 e. The van der Waals surface area contributed by atoms with Crippen LogP contribution in [0, 0.1) is 6.92 Å². The fourth-order valence-electron chi connectivity index (χ4n) is 2.16. The number of halogens is 2. The van der Waals surface area contributed by atoms with Crippen molar-refractivity contribution in [1.82, 2.24) is 9.88 Å². The lowest BCUT2D eigenvalue weighted by molar-refractivity contribution is 0.239. The molecule has 0 bridgehead atoms. The fourth-order valence-corrected chi connectivity index (χ4v) is 3.39. The minimum absolute atomic E-state index is 0.0713. The summed E-state index contributed by atoms with van der Waals surface area (Å²) in [5.74, 6) is 0. The Kier molecular flexibility index (Phi) is 5.57. The third-order valence-corrected chi connectivity index (χ3v) is 4.81. The van der Waals surface area contributed by atoms with Crippen LogP contribution < -0.4 is 5.73 Å². The van der Waals surface area contributed by atoms with Crippen molar-refractivity contribution in [3.63, 3.8) is 0 Å². The topological polar surface area (TPSA) is 42.2 Å². The molecule has 0 amide bonds. The van der Waals surface area contributed by atoms with Gasteiger partial charge in [0.1, 0.15) is 0 Å². The third-order valence-electron chi connectivity index (χ3n) is 3.15. The number of nitrogens with two attached hydrogens (primary N) is 1. The first kappa shape index (κ1) is 15.9. The van der Waals surface area contributed by atoms with Gasteiger partial charge in [-0.05, 0) is 37.7 Å². The van der Waals surface area contributed by atoms with Crippen LogP contribution in [0.5, 0.6) is 0 Å². The number of nitrogens with zero attached hydrogens (tertiary/aromatic N) is 2. The lowest BCUT2D eigenvalue weighted by Crippen LogP contribution is -2.30. The van der Waals surface area contributed by atoms with E-state index in [0.717, 1.165) is 32.3 Å². The Morgan fingerprint density at radius 2 is 2.25 bits per heavy atom. The summed E-state index contributed by atoms with van der Waals surface area (Å²) in [6, 6.07) is 5.93. The monoisotopic (exact) mass is 373 g/mol. The summed E-state index contributed by atoms with van der Waals surface area (Å²) >= 11 is 11.5. The van der Waals surface area contributed by atoms with Crippen LogP contribution in [-0.4, -0.2) is 23.5 Å². The second-order valence-electron chi connectivity index (χ2n) is 4.69. The van der Waals surface area contributed by atoms with Crippen LogP contribution in [-0.2, 0) is 6.54 Å². The van der Waals surface area contributed by atoms with E-state index in [2.05, 4.69) is 31.2 Å². The van der Waals surface area contributed by atoms with Crippen molar-refractivity contribution in [1.29, 1.82) is 0 Å². The van der Waals surface area contributed by atoms with Crippen molar-refractivity contribution in [2.24, 2.45) is 5.73 Å². The molecule has 1 aromatic heterocycles. The first-order chi connectivity index (χ1) is 9.51. The first-order valence-corrected chi connectivity index (χ1v) is 8.32. The van der Waals surface area contributed by atoms with Crippen LogP contribution >= 0.6 is 38.9 Å². The number of aryl methyl sites for hydroxylation is 1. The van der Waals surface area contributed by atoms with Gasteiger partial charge in [-0.3, -0.25) is 4.90 Å². The molecule has 3 nitrogen and oxygen atoms in total. The highest BCUT2D eigenvalue weighted by Crippen LogP contribution is 2.30. The molecule has 1 aromatic carbocycles. The molecule has 20 heavy (non-hydrogen) atoms. The lowest BCUT2D eigenvalue weighted by atomic mass is 10.1. The van der Waals surface area contributed by atoms with Gasteiger partial charge in [0.15, 0.2) is 0 Å². The van der Waals surface area contributed by atoms with E-state index in [1.165, 1.54) is 0 Å². The van der Waals surface area contributed by atoms with Crippen LogP contribution in [0.4, 0.5) is 0 Å². The zero-order valence-electron chi connectivity index (χ0n) is 11.4. The van der Waals surface area contributed by atoms with Crippen molar-refractivity contribution in [2.45, 2.75) is 19.5 Å². The van der Waals surface area contributed by atoms with E-state index < -0.39 is 0 Å². The molecule has 0 aliphatic rings. The summed E-state index contributed by atoms with van der Waals surface area (Å²) in [5.41, 5.74) is 8.06. The molecular formula is C14H17BrClN3S. The molecule has 6 heteroatoms. The van der Waals surface area contributed by atoms with E-state index in [0.29, 0.717) is 6.54 Å². The predicted octanol–water partition coefficient (Wildman–Crippen LogP) is 4.00. The Labute approximate surface area is 136 Å². The van der Waals surface area contributed by atoms with Gasteiger partial charge in [0.25, 0.3) is 0 Å². The number of benzene rings is 1. The van der Waals surface area contributed by atoms with Gasteiger partial charge in [0, 0.05) is 34.0 Å². The van der Waals surface area contributed by atoms with Crippen LogP contribution in [0.3, 0.4) is 0 Å². The van der Waals surface area contributed by atoms with Crippen molar-refractivity contribution in [2.75, 3.05) is 13.6 Å². The highest BCUT2D eigenvalue weighted by Gasteiger charge is 2.19. The number of hydrogen-bond donors (Lipinski definition) is 1. The largest absolute Gasteiger partial charge is 0.329 e. The predicted molar refractivity (Wildman–Crippen MR) is 89.3 cm³/mol. The standard InChI is InChI=1S/C14H17BrClN3S/c1-9-18-11(8-20-9)7-19(2)14(6-17)12-5-10(15)3-4-13(12)16/h3-5,8,14H,6-7,17H2,1-2H3. The van der Waals surface area contributed by atoms with Crippen LogP contribution in [0.1, 0.15) is 22.3 Å². The van der Waals surface area contributed by atoms with Gasteiger partial charge in [-0.25, -0.2) is 4.98 Å². The van der Waals surface area contributed by atoms with Crippen LogP contribution in [0.15, 0.2) is 28.1 Å². The third kappa shape index (κ3) is 3.80. The molecule has 2 aromatic rings. The molecule has 0 radical (unpaired) electrons. The van der Waals surface area contributed by atoms with Crippen LogP contribution in [0.25, 0.3) is 0 Å². The van der Waals surface area contributed by atoms with E-state index in [1.54, 1.807) is 11.3 Å². The van der Waals surface area contributed by atoms with Gasteiger partial charge in [0.05, 0.1) is 10.7 Å². The molecule has 2 rings (SSSR count). The summed E-state index contributed by atoms with van der Waals surface area (Å²) in [6.07, 6.45) is 0. The van der Waals surface area contributed by atoms with Crippen molar-refractivity contribution < 1.29 is 0 Å². The van der Waals surface area contributed by atoms with Gasteiger partial charge < -0.3 is 5.73 Å². The zero-order valence-corrected chi connectivity index (χ0v) is 14.6. The van der Waals surface area contributed by atoms with Gasteiger partial charge in [-0.15, -0.1) is 11.3 Å². The lowest BCUT2D eigenvalue weighted by Gasteiger charge is -2.27. The van der Waals surface area contributed by atoms with E-state index in [4.69, 9.17) is 17.3 Å². The Bertz CT molecular complexity index is 588. The van der Waals surface area contributed by atoms with E-state index in [1.807, 2.05) is 32.2 Å². The average molecular weight is 375 g/mol. The number of hydrogen-bond acceptors (Lipinski definition) is 4. The van der Waals surface area contributed by atoms with Crippen molar-refractivity contribution >= 4 is 38.9 Å². The fraction of sp³-hybridized carbons (Fsp3) is 0.357. The number of likely N-dealkylation sites (N-methyl/N-ethyl adjacent to an activating group) is 1. The number of aromatic nitrogens is 1. The maximum atomic E-state index is 6.30. The molecule has 0 aliphatic heterocycles. The van der Waals surface area contributed by atoms with Gasteiger partial charge >= 0.3 is 0 Å². The SMILES string of the molecule is Cc1nc(CN(C)C(CN)c2cc(Br)ccc2Cl)cs1. The number of thiazole rings is 1. The van der Waals surface area contributed by atoms with Crippen molar-refractivity contribution in [3.8, 4) is 0 Å². The smallest absolute Gasteiger partial charge is 0.0897 e. The maximum absolute atomic E-state index is 6.30. The molecule has 0 saturated carbocycles. The van der Waals surface area contributed by atoms with Crippen LogP contribution in [0.2, 0.25) is 5.02 Å². The molecule has 0 fully saturated rings. The second-order valence-corrected chi connectivity index (χ2v) is 7.08. The van der Waals surface area contributed by atoms with Gasteiger partial charge in [-0.2, -0.15) is 0 Å².